The highest BCUT2D eigenvalue weighted by Crippen LogP contribution is 2.25. The summed E-state index contributed by atoms with van der Waals surface area (Å²) in [5.74, 6) is 1.39. The lowest BCUT2D eigenvalue weighted by Gasteiger charge is -2.27. The summed E-state index contributed by atoms with van der Waals surface area (Å²) in [6.45, 7) is 1.72. The monoisotopic (exact) mass is 445 g/mol. The van der Waals surface area contributed by atoms with Crippen LogP contribution in [0.15, 0.2) is 23.1 Å². The van der Waals surface area contributed by atoms with Crippen molar-refractivity contribution in [2.24, 2.45) is 0 Å². The predicted molar refractivity (Wildman–Crippen MR) is 118 cm³/mol. The van der Waals surface area contributed by atoms with Gasteiger partial charge in [0.15, 0.2) is 5.82 Å². The number of carbonyl (C=O) groups excluding carboxylic acids is 1. The van der Waals surface area contributed by atoms with Crippen molar-refractivity contribution in [1.29, 1.82) is 0 Å². The number of aryl methyl sites for hydroxylation is 1. The third-order valence-electron chi connectivity index (χ3n) is 5.40. The Kier molecular flexibility index (Phi) is 6.05. The van der Waals surface area contributed by atoms with E-state index in [0.717, 1.165) is 31.5 Å². The van der Waals surface area contributed by atoms with Crippen molar-refractivity contribution in [2.75, 3.05) is 42.3 Å². The van der Waals surface area contributed by atoms with Crippen LogP contribution in [0.3, 0.4) is 0 Å². The number of nitrogens with zero attached hydrogens (tertiary/aromatic N) is 5. The summed E-state index contributed by atoms with van der Waals surface area (Å²) in [7, 11) is -0.0818. The molecule has 0 radical (unpaired) electrons. The molecule has 0 saturated carbocycles. The zero-order valence-corrected chi connectivity index (χ0v) is 18.6. The van der Waals surface area contributed by atoms with Crippen molar-refractivity contribution in [1.82, 2.24) is 19.7 Å². The highest BCUT2D eigenvalue weighted by molar-refractivity contribution is 7.89. The van der Waals surface area contributed by atoms with Crippen molar-refractivity contribution < 1.29 is 13.2 Å². The summed E-state index contributed by atoms with van der Waals surface area (Å²) in [5, 5.41) is 2.76. The Morgan fingerprint density at radius 2 is 1.87 bits per heavy atom. The average Bonchev–Trinajstić information content (AvgIpc) is 2.77. The van der Waals surface area contributed by atoms with Crippen LogP contribution in [0.4, 0.5) is 17.6 Å². The fourth-order valence-corrected chi connectivity index (χ4v) is 4.71. The Morgan fingerprint density at radius 1 is 1.10 bits per heavy atom. The van der Waals surface area contributed by atoms with Crippen LogP contribution in [-0.4, -0.2) is 56.5 Å². The summed E-state index contributed by atoms with van der Waals surface area (Å²) in [4.78, 5) is 29.0. The van der Waals surface area contributed by atoms with Crippen LogP contribution in [0.5, 0.6) is 0 Å². The van der Waals surface area contributed by atoms with Gasteiger partial charge in [0.25, 0.3) is 0 Å². The van der Waals surface area contributed by atoms with Gasteiger partial charge in [-0.25, -0.2) is 13.1 Å². The Morgan fingerprint density at radius 3 is 2.61 bits per heavy atom. The quantitative estimate of drug-likeness (QED) is 0.682. The summed E-state index contributed by atoms with van der Waals surface area (Å²) in [6, 6.07) is 4.72. The first-order chi connectivity index (χ1) is 14.8. The van der Waals surface area contributed by atoms with Gasteiger partial charge >= 0.3 is 0 Å². The zero-order valence-electron chi connectivity index (χ0n) is 17.8. The van der Waals surface area contributed by atoms with Crippen LogP contribution in [0.1, 0.15) is 37.1 Å². The molecule has 0 unspecified atom stereocenters. The van der Waals surface area contributed by atoms with Crippen molar-refractivity contribution in [3.8, 4) is 0 Å². The first kappa shape index (κ1) is 21.4. The maximum Gasteiger partial charge on any atom is 0.240 e. The fourth-order valence-electron chi connectivity index (χ4n) is 3.68. The molecule has 1 amide bonds. The van der Waals surface area contributed by atoms with Crippen LogP contribution in [-0.2, 0) is 27.8 Å². The molecule has 2 aliphatic heterocycles. The highest BCUT2D eigenvalue weighted by Gasteiger charge is 2.21. The molecule has 0 atom stereocenters. The number of hydrogen-bond donors (Lipinski definition) is 2. The molecule has 0 aliphatic carbocycles. The van der Waals surface area contributed by atoms with Crippen LogP contribution < -0.4 is 19.8 Å². The number of piperidine rings is 1. The molecule has 1 aromatic carbocycles. The number of carbonyl (C=O) groups is 1. The second kappa shape index (κ2) is 8.75. The molecule has 166 valence electrons. The largest absolute Gasteiger partial charge is 0.347 e. The molecule has 11 heteroatoms. The van der Waals surface area contributed by atoms with Gasteiger partial charge in [-0.05, 0) is 49.4 Å². The molecule has 31 heavy (non-hydrogen) atoms. The van der Waals surface area contributed by atoms with Crippen molar-refractivity contribution in [2.45, 2.75) is 43.5 Å². The van der Waals surface area contributed by atoms with E-state index < -0.39 is 10.0 Å². The minimum Gasteiger partial charge on any atom is -0.347 e. The summed E-state index contributed by atoms with van der Waals surface area (Å²) < 4.78 is 28.3. The lowest BCUT2D eigenvalue weighted by atomic mass is 10.0. The third kappa shape index (κ3) is 4.93. The molecule has 0 bridgehead atoms. The van der Waals surface area contributed by atoms with Gasteiger partial charge in [0.05, 0.1) is 11.4 Å². The zero-order chi connectivity index (χ0) is 22.0. The molecule has 2 N–H and O–H groups in total. The molecule has 2 aromatic rings. The van der Waals surface area contributed by atoms with E-state index in [4.69, 9.17) is 0 Å². The van der Waals surface area contributed by atoms with Crippen molar-refractivity contribution in [3.05, 3.63) is 29.6 Å². The van der Waals surface area contributed by atoms with Gasteiger partial charge in [-0.15, -0.1) is 0 Å². The van der Waals surface area contributed by atoms with E-state index in [1.807, 2.05) is 14.1 Å². The van der Waals surface area contributed by atoms with Gasteiger partial charge in [0, 0.05) is 39.3 Å². The third-order valence-corrected chi connectivity index (χ3v) is 6.80. The van der Waals surface area contributed by atoms with Crippen LogP contribution in [0, 0.1) is 0 Å². The second-order valence-corrected chi connectivity index (χ2v) is 9.75. The second-order valence-electron chi connectivity index (χ2n) is 7.99. The lowest BCUT2D eigenvalue weighted by molar-refractivity contribution is -0.116. The molecule has 10 nitrogen and oxygen atoms in total. The smallest absolute Gasteiger partial charge is 0.240 e. The molecule has 4 rings (SSSR count). The van der Waals surface area contributed by atoms with Gasteiger partial charge in [-0.1, -0.05) is 0 Å². The average molecular weight is 446 g/mol. The van der Waals surface area contributed by atoms with E-state index >= 15 is 0 Å². The van der Waals surface area contributed by atoms with Gasteiger partial charge in [-0.2, -0.15) is 15.0 Å². The summed E-state index contributed by atoms with van der Waals surface area (Å²) in [5.41, 5.74) is 1.47. The minimum absolute atomic E-state index is 0.0413. The van der Waals surface area contributed by atoms with E-state index in [1.165, 1.54) is 12.5 Å². The SMILES string of the molecule is CN(C)c1nc(CNS(=O)(=O)c2ccc3c(c2)CCC(=O)N3)nc(N2CCCCC2)n1. The van der Waals surface area contributed by atoms with Crippen LogP contribution >= 0.6 is 0 Å². The predicted octanol–water partition coefficient (Wildman–Crippen LogP) is 1.29. The molecular formula is C20H27N7O3S. The first-order valence-corrected chi connectivity index (χ1v) is 11.9. The Bertz CT molecular complexity index is 1080. The molecule has 2 aliphatic rings. The normalized spacial score (nSPS) is 16.6. The fraction of sp³-hybridized carbons (Fsp3) is 0.500. The topological polar surface area (TPSA) is 120 Å². The van der Waals surface area contributed by atoms with E-state index in [9.17, 15) is 13.2 Å². The summed E-state index contributed by atoms with van der Waals surface area (Å²) in [6.07, 6.45) is 4.23. The van der Waals surface area contributed by atoms with E-state index in [0.29, 0.717) is 36.3 Å². The molecule has 1 aromatic heterocycles. The van der Waals surface area contributed by atoms with Crippen LogP contribution in [0.2, 0.25) is 0 Å². The van der Waals surface area contributed by atoms with Gasteiger partial charge < -0.3 is 15.1 Å². The number of amides is 1. The molecular weight excluding hydrogens is 418 g/mol. The number of anilines is 3. The number of fused-ring (bicyclic) bond motifs is 1. The number of hydrogen-bond acceptors (Lipinski definition) is 8. The van der Waals surface area contributed by atoms with Crippen molar-refractivity contribution in [3.63, 3.8) is 0 Å². The first-order valence-electron chi connectivity index (χ1n) is 10.4. The lowest BCUT2D eigenvalue weighted by Crippen LogP contribution is -2.33. The molecule has 3 heterocycles. The number of benzene rings is 1. The van der Waals surface area contributed by atoms with Gasteiger partial charge in [0.2, 0.25) is 27.8 Å². The Labute approximate surface area is 182 Å². The number of aromatic nitrogens is 3. The number of nitrogens with one attached hydrogen (secondary N) is 2. The molecule has 1 fully saturated rings. The number of sulfonamides is 1. The van der Waals surface area contributed by atoms with E-state index in [2.05, 4.69) is 29.9 Å². The Balaban J connectivity index is 1.53. The summed E-state index contributed by atoms with van der Waals surface area (Å²) >= 11 is 0. The minimum atomic E-state index is -3.77. The van der Waals surface area contributed by atoms with Crippen molar-refractivity contribution >= 4 is 33.5 Å². The molecule has 1 saturated heterocycles. The van der Waals surface area contributed by atoms with Gasteiger partial charge in [0.1, 0.15) is 0 Å². The van der Waals surface area contributed by atoms with Crippen LogP contribution in [0.25, 0.3) is 0 Å². The van der Waals surface area contributed by atoms with E-state index in [1.54, 1.807) is 17.0 Å². The number of rotatable bonds is 6. The maximum atomic E-state index is 12.9. The standard InChI is InChI=1S/C20H27N7O3S/c1-26(2)19-23-17(24-20(25-19)27-10-4-3-5-11-27)13-21-31(29,30)15-7-8-16-14(12-15)6-9-18(28)22-16/h7-8,12,21H,3-6,9-11,13H2,1-2H3,(H,22,28). The highest BCUT2D eigenvalue weighted by atomic mass is 32.2. The Hall–Kier alpha value is -2.79. The van der Waals surface area contributed by atoms with E-state index in [-0.39, 0.29) is 17.3 Å². The maximum absolute atomic E-state index is 12.9. The molecule has 0 spiro atoms. The van der Waals surface area contributed by atoms with Gasteiger partial charge in [-0.3, -0.25) is 4.79 Å².